The van der Waals surface area contributed by atoms with Crippen LogP contribution in [0.4, 0.5) is 10.5 Å². The molecule has 0 unspecified atom stereocenters. The first-order valence-electron chi connectivity index (χ1n) is 11.9. The molecule has 39 heavy (non-hydrogen) atoms. The predicted molar refractivity (Wildman–Crippen MR) is 155 cm³/mol. The number of carbonyl (C=O) groups excluding carboxylic acids is 2. The maximum atomic E-state index is 13.1. The number of carbonyl (C=O) groups is 2. The van der Waals surface area contributed by atoms with Crippen LogP contribution in [-0.2, 0) is 11.3 Å². The average Bonchev–Trinajstić information content (AvgIpc) is 3.33. The summed E-state index contributed by atoms with van der Waals surface area (Å²) in [7, 11) is 0. The van der Waals surface area contributed by atoms with Crippen LogP contribution in [0.15, 0.2) is 93.6 Å². The van der Waals surface area contributed by atoms with E-state index in [1.54, 1.807) is 36.4 Å². The first kappa shape index (κ1) is 26.8. The van der Waals surface area contributed by atoms with E-state index < -0.39 is 4.92 Å². The lowest BCUT2D eigenvalue weighted by Crippen LogP contribution is -2.27. The van der Waals surface area contributed by atoms with Crippen molar-refractivity contribution in [3.05, 3.63) is 121 Å². The topological polar surface area (TPSA) is 85.5 Å². The fourth-order valence-corrected chi connectivity index (χ4v) is 6.22. The molecule has 0 aliphatic carbocycles. The molecule has 0 bridgehead atoms. The first-order chi connectivity index (χ1) is 18.7. The van der Waals surface area contributed by atoms with Gasteiger partial charge in [0.25, 0.3) is 16.8 Å². The maximum Gasteiger partial charge on any atom is 0.293 e. The second-order valence-electron chi connectivity index (χ2n) is 8.91. The molecule has 7 nitrogen and oxygen atoms in total. The number of hydrogen-bond acceptors (Lipinski definition) is 6. The van der Waals surface area contributed by atoms with Gasteiger partial charge in [-0.1, -0.05) is 35.5 Å². The number of hydrogen-bond donors (Lipinski definition) is 0. The Morgan fingerprint density at radius 2 is 1.64 bits per heavy atom. The van der Waals surface area contributed by atoms with Crippen LogP contribution in [0.1, 0.15) is 22.5 Å². The van der Waals surface area contributed by atoms with Gasteiger partial charge < -0.3 is 4.57 Å². The van der Waals surface area contributed by atoms with Crippen molar-refractivity contribution < 1.29 is 14.5 Å². The molecule has 1 saturated heterocycles. The summed E-state index contributed by atoms with van der Waals surface area (Å²) < 4.78 is 2.10. The van der Waals surface area contributed by atoms with Crippen LogP contribution in [0, 0.1) is 24.0 Å². The molecule has 2 amide bonds. The van der Waals surface area contributed by atoms with Crippen molar-refractivity contribution in [1.82, 2.24) is 9.47 Å². The summed E-state index contributed by atoms with van der Waals surface area (Å²) >= 11 is 8.52. The van der Waals surface area contributed by atoms with Crippen molar-refractivity contribution in [2.24, 2.45) is 0 Å². The van der Waals surface area contributed by atoms with E-state index >= 15 is 0 Å². The van der Waals surface area contributed by atoms with Gasteiger partial charge in [0.2, 0.25) is 0 Å². The highest BCUT2D eigenvalue weighted by atomic mass is 35.5. The summed E-state index contributed by atoms with van der Waals surface area (Å²) in [6.45, 7) is 4.15. The summed E-state index contributed by atoms with van der Waals surface area (Å²) in [5.41, 5.74) is 4.63. The normalized spacial score (nSPS) is 14.4. The number of aryl methyl sites for hydroxylation is 1. The van der Waals surface area contributed by atoms with E-state index in [1.807, 2.05) is 50.2 Å². The molecule has 0 saturated carbocycles. The number of nitro benzene ring substituents is 1. The number of amides is 2. The number of nitrogens with zero attached hydrogens (tertiary/aromatic N) is 3. The standard InChI is InChI=1S/C29H22ClN3O4S2/c1-18-14-21(16-27-28(34)31(29(35)39-27)17-20-4-3-5-22(30)15-20)19(2)32(18)23-6-10-25(11-7-23)38-26-12-8-24(9-13-26)33(36)37/h3-16H,17H2,1-2H3/b27-16-. The molecule has 3 aromatic carbocycles. The zero-order valence-electron chi connectivity index (χ0n) is 21.0. The third-order valence-electron chi connectivity index (χ3n) is 6.24. The van der Waals surface area contributed by atoms with E-state index in [9.17, 15) is 19.7 Å². The van der Waals surface area contributed by atoms with E-state index in [2.05, 4.69) is 4.57 Å². The molecular weight excluding hydrogens is 554 g/mol. The molecule has 2 heterocycles. The maximum absolute atomic E-state index is 13.1. The molecule has 10 heteroatoms. The molecule has 1 aliphatic heterocycles. The Hall–Kier alpha value is -3.79. The minimum absolute atomic E-state index is 0.0647. The van der Waals surface area contributed by atoms with Crippen LogP contribution >= 0.6 is 35.1 Å². The fourth-order valence-electron chi connectivity index (χ4n) is 4.36. The van der Waals surface area contributed by atoms with Crippen molar-refractivity contribution in [3.63, 3.8) is 0 Å². The molecule has 1 fully saturated rings. The first-order valence-corrected chi connectivity index (χ1v) is 13.9. The number of nitro groups is 1. The second kappa shape index (κ2) is 11.1. The molecule has 0 spiro atoms. The molecule has 0 N–H and O–H groups in total. The van der Waals surface area contributed by atoms with Gasteiger partial charge in [0.15, 0.2) is 0 Å². The van der Waals surface area contributed by atoms with Crippen molar-refractivity contribution in [2.75, 3.05) is 0 Å². The van der Waals surface area contributed by atoms with E-state index in [0.29, 0.717) is 9.93 Å². The van der Waals surface area contributed by atoms with Gasteiger partial charge in [0.1, 0.15) is 0 Å². The third kappa shape index (κ3) is 5.80. The average molecular weight is 576 g/mol. The quantitative estimate of drug-likeness (QED) is 0.126. The Labute approximate surface area is 238 Å². The van der Waals surface area contributed by atoms with Gasteiger partial charge in [-0.25, -0.2) is 0 Å². The minimum atomic E-state index is -0.411. The Bertz CT molecular complexity index is 1630. The van der Waals surface area contributed by atoms with Gasteiger partial charge in [-0.15, -0.1) is 0 Å². The van der Waals surface area contributed by atoms with Gasteiger partial charge in [-0.05, 0) is 97.4 Å². The van der Waals surface area contributed by atoms with Crippen molar-refractivity contribution in [1.29, 1.82) is 0 Å². The lowest BCUT2D eigenvalue weighted by molar-refractivity contribution is -0.384. The van der Waals surface area contributed by atoms with Crippen LogP contribution in [0.25, 0.3) is 11.8 Å². The van der Waals surface area contributed by atoms with Gasteiger partial charge in [-0.3, -0.25) is 24.6 Å². The van der Waals surface area contributed by atoms with Crippen LogP contribution < -0.4 is 0 Å². The highest BCUT2D eigenvalue weighted by Crippen LogP contribution is 2.35. The SMILES string of the molecule is Cc1cc(/C=C2\SC(=O)N(Cc3cccc(Cl)c3)C2=O)c(C)n1-c1ccc(Sc2ccc([N+](=O)[O-])cc2)cc1. The molecule has 196 valence electrons. The van der Waals surface area contributed by atoms with E-state index in [-0.39, 0.29) is 23.4 Å². The predicted octanol–water partition coefficient (Wildman–Crippen LogP) is 8.04. The van der Waals surface area contributed by atoms with Crippen LogP contribution in [0.2, 0.25) is 5.02 Å². The summed E-state index contributed by atoms with van der Waals surface area (Å²) in [6, 6.07) is 23.6. The van der Waals surface area contributed by atoms with Crippen molar-refractivity contribution in [3.8, 4) is 5.69 Å². The zero-order chi connectivity index (χ0) is 27.7. The molecule has 1 aromatic heterocycles. The smallest absolute Gasteiger partial charge is 0.293 e. The van der Waals surface area contributed by atoms with Crippen LogP contribution in [-0.4, -0.2) is 25.5 Å². The number of imide groups is 1. The fraction of sp³-hybridized carbons (Fsp3) is 0.103. The lowest BCUT2D eigenvalue weighted by atomic mass is 10.2. The number of thioether (sulfide) groups is 1. The van der Waals surface area contributed by atoms with E-state index in [4.69, 9.17) is 11.6 Å². The van der Waals surface area contributed by atoms with Crippen molar-refractivity contribution >= 4 is 58.0 Å². The largest absolute Gasteiger partial charge is 0.318 e. The highest BCUT2D eigenvalue weighted by Gasteiger charge is 2.35. The van der Waals surface area contributed by atoms with Gasteiger partial charge in [-0.2, -0.15) is 0 Å². The number of rotatable bonds is 7. The van der Waals surface area contributed by atoms with Crippen LogP contribution in [0.5, 0.6) is 0 Å². The summed E-state index contributed by atoms with van der Waals surface area (Å²) in [5, 5.41) is 11.1. The minimum Gasteiger partial charge on any atom is -0.318 e. The van der Waals surface area contributed by atoms with Gasteiger partial charge in [0, 0.05) is 44.0 Å². The number of benzene rings is 3. The second-order valence-corrected chi connectivity index (χ2v) is 11.5. The third-order valence-corrected chi connectivity index (χ3v) is 8.40. The molecule has 0 radical (unpaired) electrons. The monoisotopic (exact) mass is 575 g/mol. The Morgan fingerprint density at radius 3 is 2.28 bits per heavy atom. The molecule has 5 rings (SSSR count). The summed E-state index contributed by atoms with van der Waals surface area (Å²) in [6.07, 6.45) is 1.78. The summed E-state index contributed by atoms with van der Waals surface area (Å²) in [5.74, 6) is -0.317. The van der Waals surface area contributed by atoms with Crippen LogP contribution in [0.3, 0.4) is 0 Å². The Morgan fingerprint density at radius 1 is 0.974 bits per heavy atom. The molecule has 0 atom stereocenters. The van der Waals surface area contributed by atoms with E-state index in [0.717, 1.165) is 49.8 Å². The number of halogens is 1. The molecule has 1 aliphatic rings. The summed E-state index contributed by atoms with van der Waals surface area (Å²) in [4.78, 5) is 39.7. The van der Waals surface area contributed by atoms with Gasteiger partial charge >= 0.3 is 0 Å². The van der Waals surface area contributed by atoms with Crippen molar-refractivity contribution in [2.45, 2.75) is 30.2 Å². The lowest BCUT2D eigenvalue weighted by Gasteiger charge is -2.12. The molecule has 4 aromatic rings. The zero-order valence-corrected chi connectivity index (χ0v) is 23.3. The van der Waals surface area contributed by atoms with E-state index in [1.165, 1.54) is 28.8 Å². The highest BCUT2D eigenvalue weighted by molar-refractivity contribution is 8.18. The van der Waals surface area contributed by atoms with Gasteiger partial charge in [0.05, 0.1) is 16.4 Å². The Kier molecular flexibility index (Phi) is 7.65. The number of non-ortho nitro benzene ring substituents is 1. The molecular formula is C29H22ClN3O4S2. The number of aromatic nitrogens is 1. The Balaban J connectivity index is 1.33.